The zero-order valence-corrected chi connectivity index (χ0v) is 7.60. The van der Waals surface area contributed by atoms with E-state index in [0.29, 0.717) is 0 Å². The zero-order valence-electron chi connectivity index (χ0n) is 6.02. The highest BCUT2D eigenvalue weighted by molar-refractivity contribution is 9.10. The van der Waals surface area contributed by atoms with Crippen molar-refractivity contribution in [3.8, 4) is 0 Å². The van der Waals surface area contributed by atoms with E-state index >= 15 is 0 Å². The van der Waals surface area contributed by atoms with Crippen LogP contribution in [-0.4, -0.2) is 7.05 Å². The number of halogens is 1. The Morgan fingerprint density at radius 2 is 2.40 bits per heavy atom. The Bertz CT molecular complexity index is 209. The summed E-state index contributed by atoms with van der Waals surface area (Å²) in [5.74, 6) is 0.953. The van der Waals surface area contributed by atoms with Crippen LogP contribution in [0.15, 0.2) is 21.2 Å². The van der Waals surface area contributed by atoms with E-state index in [9.17, 15) is 0 Å². The van der Waals surface area contributed by atoms with Gasteiger partial charge in [-0.3, -0.25) is 0 Å². The molecule has 0 spiro atoms. The van der Waals surface area contributed by atoms with Crippen LogP contribution in [0.1, 0.15) is 18.7 Å². The Morgan fingerprint density at radius 1 is 1.70 bits per heavy atom. The first-order valence-electron chi connectivity index (χ1n) is 3.15. The summed E-state index contributed by atoms with van der Waals surface area (Å²) in [6.07, 6.45) is 1.68. The average Bonchev–Trinajstić information content (AvgIpc) is 2.34. The van der Waals surface area contributed by atoms with Gasteiger partial charge in [0.25, 0.3) is 0 Å². The maximum Gasteiger partial charge on any atom is 0.121 e. The average molecular weight is 204 g/mol. The first kappa shape index (κ1) is 7.82. The van der Waals surface area contributed by atoms with Crippen molar-refractivity contribution in [2.45, 2.75) is 13.0 Å². The molecular formula is C7H10BrNO. The van der Waals surface area contributed by atoms with Crippen molar-refractivity contribution in [1.82, 2.24) is 5.32 Å². The minimum atomic E-state index is 0.284. The molecule has 0 bridgehead atoms. The van der Waals surface area contributed by atoms with Gasteiger partial charge in [0.2, 0.25) is 0 Å². The molecule has 0 radical (unpaired) electrons. The molecule has 1 N–H and O–H groups in total. The molecule has 1 aromatic heterocycles. The van der Waals surface area contributed by atoms with E-state index < -0.39 is 0 Å². The third-order valence-electron chi connectivity index (χ3n) is 1.45. The molecule has 0 fully saturated rings. The fourth-order valence-electron chi connectivity index (χ4n) is 0.698. The second kappa shape index (κ2) is 3.21. The minimum absolute atomic E-state index is 0.284. The van der Waals surface area contributed by atoms with Crippen LogP contribution in [0.4, 0.5) is 0 Å². The number of furan rings is 1. The summed E-state index contributed by atoms with van der Waals surface area (Å²) in [5, 5.41) is 3.08. The number of hydrogen-bond donors (Lipinski definition) is 1. The first-order chi connectivity index (χ1) is 4.74. The van der Waals surface area contributed by atoms with Crippen molar-refractivity contribution in [2.24, 2.45) is 0 Å². The molecule has 1 rings (SSSR count). The van der Waals surface area contributed by atoms with Gasteiger partial charge in [-0.25, -0.2) is 0 Å². The van der Waals surface area contributed by atoms with Gasteiger partial charge in [0, 0.05) is 0 Å². The maximum absolute atomic E-state index is 5.21. The normalized spacial score (nSPS) is 13.5. The van der Waals surface area contributed by atoms with Gasteiger partial charge in [0.15, 0.2) is 0 Å². The lowest BCUT2D eigenvalue weighted by atomic mass is 10.3. The molecule has 2 nitrogen and oxygen atoms in total. The van der Waals surface area contributed by atoms with E-state index in [2.05, 4.69) is 21.2 Å². The lowest BCUT2D eigenvalue weighted by Crippen LogP contribution is -2.10. The minimum Gasteiger partial charge on any atom is -0.466 e. The standard InChI is InChI=1S/C7H10BrNO/c1-5(9-2)7-3-6(8)4-10-7/h3-5,9H,1-2H3. The summed E-state index contributed by atoms with van der Waals surface area (Å²) >= 11 is 3.31. The second-order valence-electron chi connectivity index (χ2n) is 2.18. The van der Waals surface area contributed by atoms with Crippen molar-refractivity contribution in [2.75, 3.05) is 7.05 Å². The fourth-order valence-corrected chi connectivity index (χ4v) is 1.02. The fraction of sp³-hybridized carbons (Fsp3) is 0.429. The Hall–Kier alpha value is -0.280. The van der Waals surface area contributed by atoms with Crippen LogP contribution >= 0.6 is 15.9 Å². The van der Waals surface area contributed by atoms with Crippen LogP contribution in [0, 0.1) is 0 Å². The monoisotopic (exact) mass is 203 g/mol. The maximum atomic E-state index is 5.21. The predicted octanol–water partition coefficient (Wildman–Crippen LogP) is 2.32. The summed E-state index contributed by atoms with van der Waals surface area (Å²) in [6, 6.07) is 2.24. The lowest BCUT2D eigenvalue weighted by molar-refractivity contribution is 0.449. The molecule has 1 aromatic rings. The molecule has 0 saturated carbocycles. The highest BCUT2D eigenvalue weighted by Crippen LogP contribution is 2.19. The zero-order chi connectivity index (χ0) is 7.56. The van der Waals surface area contributed by atoms with E-state index in [0.717, 1.165) is 10.2 Å². The number of rotatable bonds is 2. The van der Waals surface area contributed by atoms with Crippen molar-refractivity contribution < 1.29 is 4.42 Å². The molecule has 1 heterocycles. The topological polar surface area (TPSA) is 25.2 Å². The summed E-state index contributed by atoms with van der Waals surface area (Å²) in [7, 11) is 1.90. The number of nitrogens with one attached hydrogen (secondary N) is 1. The highest BCUT2D eigenvalue weighted by Gasteiger charge is 2.05. The van der Waals surface area contributed by atoms with Crippen molar-refractivity contribution in [3.63, 3.8) is 0 Å². The van der Waals surface area contributed by atoms with Crippen LogP contribution in [0.2, 0.25) is 0 Å². The summed E-state index contributed by atoms with van der Waals surface area (Å²) < 4.78 is 6.20. The van der Waals surface area contributed by atoms with Gasteiger partial charge in [-0.05, 0) is 36.0 Å². The van der Waals surface area contributed by atoms with Gasteiger partial charge >= 0.3 is 0 Å². The van der Waals surface area contributed by atoms with Gasteiger partial charge in [-0.15, -0.1) is 0 Å². The second-order valence-corrected chi connectivity index (χ2v) is 3.09. The first-order valence-corrected chi connectivity index (χ1v) is 3.94. The molecule has 0 aromatic carbocycles. The largest absolute Gasteiger partial charge is 0.466 e. The molecule has 0 amide bonds. The lowest BCUT2D eigenvalue weighted by Gasteiger charge is -2.03. The van der Waals surface area contributed by atoms with Gasteiger partial charge in [0.05, 0.1) is 10.5 Å². The molecule has 56 valence electrons. The summed E-state index contributed by atoms with van der Waals surface area (Å²) in [6.45, 7) is 2.05. The van der Waals surface area contributed by atoms with Gasteiger partial charge in [-0.2, -0.15) is 0 Å². The molecule has 3 heteroatoms. The van der Waals surface area contributed by atoms with E-state index in [4.69, 9.17) is 4.42 Å². The van der Waals surface area contributed by atoms with Crippen molar-refractivity contribution >= 4 is 15.9 Å². The van der Waals surface area contributed by atoms with E-state index in [1.54, 1.807) is 6.26 Å². The van der Waals surface area contributed by atoms with E-state index in [-0.39, 0.29) is 6.04 Å². The van der Waals surface area contributed by atoms with Crippen molar-refractivity contribution in [1.29, 1.82) is 0 Å². The van der Waals surface area contributed by atoms with Gasteiger partial charge in [-0.1, -0.05) is 0 Å². The van der Waals surface area contributed by atoms with Crippen LogP contribution in [0.3, 0.4) is 0 Å². The Kier molecular flexibility index (Phi) is 2.51. The van der Waals surface area contributed by atoms with Crippen LogP contribution < -0.4 is 5.32 Å². The third-order valence-corrected chi connectivity index (χ3v) is 1.86. The molecule has 0 aliphatic rings. The molecular weight excluding hydrogens is 194 g/mol. The molecule has 10 heavy (non-hydrogen) atoms. The molecule has 1 unspecified atom stereocenters. The third kappa shape index (κ3) is 1.61. The Labute approximate surface area is 68.7 Å². The SMILES string of the molecule is CNC(C)c1cc(Br)co1. The van der Waals surface area contributed by atoms with E-state index in [1.807, 2.05) is 20.0 Å². The molecule has 0 saturated heterocycles. The van der Waals surface area contributed by atoms with Crippen LogP contribution in [-0.2, 0) is 0 Å². The molecule has 1 atom stereocenters. The highest BCUT2D eigenvalue weighted by atomic mass is 79.9. The van der Waals surface area contributed by atoms with Crippen LogP contribution in [0.5, 0.6) is 0 Å². The smallest absolute Gasteiger partial charge is 0.121 e. The Morgan fingerprint density at radius 3 is 2.80 bits per heavy atom. The summed E-state index contributed by atoms with van der Waals surface area (Å²) in [4.78, 5) is 0. The molecule has 0 aliphatic carbocycles. The van der Waals surface area contributed by atoms with E-state index in [1.165, 1.54) is 0 Å². The van der Waals surface area contributed by atoms with Gasteiger partial charge < -0.3 is 9.73 Å². The quantitative estimate of drug-likeness (QED) is 0.799. The molecule has 0 aliphatic heterocycles. The number of hydrogen-bond acceptors (Lipinski definition) is 2. The summed E-state index contributed by atoms with van der Waals surface area (Å²) in [5.41, 5.74) is 0. The van der Waals surface area contributed by atoms with Gasteiger partial charge in [0.1, 0.15) is 12.0 Å². The van der Waals surface area contributed by atoms with Crippen molar-refractivity contribution in [3.05, 3.63) is 22.6 Å². The Balaban J connectivity index is 2.74. The predicted molar refractivity (Wildman–Crippen MR) is 43.9 cm³/mol. The van der Waals surface area contributed by atoms with Crippen LogP contribution in [0.25, 0.3) is 0 Å².